The maximum absolute atomic E-state index is 12.6. The number of ether oxygens (including phenoxy) is 5. The van der Waals surface area contributed by atoms with Gasteiger partial charge < -0.3 is 29.0 Å². The first kappa shape index (κ1) is 18.6. The average molecular weight is 406 g/mol. The van der Waals surface area contributed by atoms with Crippen LogP contribution in [-0.2, 0) is 6.42 Å². The molecule has 7 nitrogen and oxygen atoms in total. The second-order valence-corrected chi connectivity index (χ2v) is 6.72. The second-order valence-electron chi connectivity index (χ2n) is 6.31. The van der Waals surface area contributed by atoms with Gasteiger partial charge in [-0.25, -0.2) is 0 Å². The fraction of sp³-hybridized carbons (Fsp3) is 0.350. The van der Waals surface area contributed by atoms with Crippen LogP contribution in [0.3, 0.4) is 0 Å². The fourth-order valence-corrected chi connectivity index (χ4v) is 3.42. The summed E-state index contributed by atoms with van der Waals surface area (Å²) < 4.78 is 27.5. The van der Waals surface area contributed by atoms with E-state index in [9.17, 15) is 4.79 Å². The Morgan fingerprint density at radius 2 is 1.68 bits per heavy atom. The first-order valence-electron chi connectivity index (χ1n) is 8.99. The van der Waals surface area contributed by atoms with Gasteiger partial charge in [0.25, 0.3) is 5.91 Å². The molecule has 0 atom stereocenters. The van der Waals surface area contributed by atoms with Gasteiger partial charge >= 0.3 is 0 Å². The molecule has 4 rings (SSSR count). The minimum absolute atomic E-state index is 0.223. The topological polar surface area (TPSA) is 75.3 Å². The van der Waals surface area contributed by atoms with Gasteiger partial charge in [-0.3, -0.25) is 4.79 Å². The highest BCUT2D eigenvalue weighted by atomic mass is 35.5. The van der Waals surface area contributed by atoms with Crippen molar-refractivity contribution in [3.05, 3.63) is 40.4 Å². The number of nitrogens with one attached hydrogen (secondary N) is 1. The molecule has 0 saturated carbocycles. The van der Waals surface area contributed by atoms with Crippen molar-refractivity contribution < 1.29 is 28.5 Å². The van der Waals surface area contributed by atoms with Gasteiger partial charge in [-0.1, -0.05) is 11.6 Å². The molecule has 0 unspecified atom stereocenters. The van der Waals surface area contributed by atoms with Gasteiger partial charge in [0, 0.05) is 12.1 Å². The molecule has 148 valence electrons. The van der Waals surface area contributed by atoms with Crippen LogP contribution in [0.15, 0.2) is 24.3 Å². The molecule has 2 aromatic rings. The number of carbonyl (C=O) groups excluding carboxylic acids is 1. The molecule has 1 N–H and O–H groups in total. The van der Waals surface area contributed by atoms with Gasteiger partial charge in [0.1, 0.15) is 26.4 Å². The fourth-order valence-electron chi connectivity index (χ4n) is 3.14. The number of hydrogen-bond donors (Lipinski definition) is 1. The zero-order chi connectivity index (χ0) is 19.5. The Morgan fingerprint density at radius 1 is 1.00 bits per heavy atom. The minimum Gasteiger partial charge on any atom is -0.493 e. The van der Waals surface area contributed by atoms with Crippen molar-refractivity contribution in [1.82, 2.24) is 5.32 Å². The van der Waals surface area contributed by atoms with E-state index >= 15 is 0 Å². The largest absolute Gasteiger partial charge is 0.493 e. The monoisotopic (exact) mass is 405 g/mol. The van der Waals surface area contributed by atoms with Crippen LogP contribution < -0.4 is 29.0 Å². The number of fused-ring (bicyclic) bond motifs is 2. The molecular weight excluding hydrogens is 386 g/mol. The number of halogens is 1. The third-order valence-corrected chi connectivity index (χ3v) is 4.73. The molecule has 2 aromatic carbocycles. The molecule has 0 radical (unpaired) electrons. The molecule has 1 amide bonds. The van der Waals surface area contributed by atoms with Gasteiger partial charge in [-0.05, 0) is 36.2 Å². The predicted octanol–water partition coefficient (Wildman–Crippen LogP) is 2.86. The number of methoxy groups -OCH3 is 1. The third-order valence-electron chi connectivity index (χ3n) is 4.45. The predicted molar refractivity (Wildman–Crippen MR) is 102 cm³/mol. The number of hydrogen-bond acceptors (Lipinski definition) is 6. The molecule has 2 heterocycles. The summed E-state index contributed by atoms with van der Waals surface area (Å²) in [6, 6.07) is 7.02. The lowest BCUT2D eigenvalue weighted by molar-refractivity contribution is 0.0952. The molecule has 0 bridgehead atoms. The number of amides is 1. The summed E-state index contributed by atoms with van der Waals surface area (Å²) in [5, 5.41) is 3.41. The third kappa shape index (κ3) is 3.75. The Kier molecular flexibility index (Phi) is 5.34. The van der Waals surface area contributed by atoms with Gasteiger partial charge in [0.15, 0.2) is 23.0 Å². The van der Waals surface area contributed by atoms with E-state index in [4.69, 9.17) is 35.3 Å². The Bertz CT molecular complexity index is 884. The number of benzene rings is 2. The molecule has 2 aliphatic rings. The van der Waals surface area contributed by atoms with Crippen molar-refractivity contribution in [3.63, 3.8) is 0 Å². The summed E-state index contributed by atoms with van der Waals surface area (Å²) >= 11 is 6.25. The maximum Gasteiger partial charge on any atom is 0.251 e. The quantitative estimate of drug-likeness (QED) is 0.824. The first-order chi connectivity index (χ1) is 13.7. The van der Waals surface area contributed by atoms with Crippen LogP contribution in [0.2, 0.25) is 5.02 Å². The van der Waals surface area contributed by atoms with Crippen LogP contribution >= 0.6 is 11.6 Å². The molecule has 2 aliphatic heterocycles. The Morgan fingerprint density at radius 3 is 2.43 bits per heavy atom. The zero-order valence-electron chi connectivity index (χ0n) is 15.4. The minimum atomic E-state index is -0.223. The van der Waals surface area contributed by atoms with Gasteiger partial charge in [0.05, 0.1) is 12.1 Å². The maximum atomic E-state index is 12.6. The van der Waals surface area contributed by atoms with E-state index in [-0.39, 0.29) is 5.91 Å². The van der Waals surface area contributed by atoms with Crippen molar-refractivity contribution in [3.8, 4) is 28.7 Å². The Labute approximate surface area is 167 Å². The summed E-state index contributed by atoms with van der Waals surface area (Å²) in [5.41, 5.74) is 1.40. The van der Waals surface area contributed by atoms with Crippen LogP contribution in [-0.4, -0.2) is 46.0 Å². The lowest BCUT2D eigenvalue weighted by Gasteiger charge is -2.21. The smallest absolute Gasteiger partial charge is 0.251 e. The average Bonchev–Trinajstić information content (AvgIpc) is 2.73. The number of rotatable bonds is 5. The van der Waals surface area contributed by atoms with E-state index < -0.39 is 0 Å². The van der Waals surface area contributed by atoms with Crippen molar-refractivity contribution in [2.45, 2.75) is 6.42 Å². The van der Waals surface area contributed by atoms with Crippen molar-refractivity contribution >= 4 is 17.5 Å². The molecule has 0 aliphatic carbocycles. The van der Waals surface area contributed by atoms with E-state index in [1.807, 2.05) is 12.1 Å². The lowest BCUT2D eigenvalue weighted by atomic mass is 10.1. The summed E-state index contributed by atoms with van der Waals surface area (Å²) in [6.45, 7) is 2.31. The first-order valence-corrected chi connectivity index (χ1v) is 9.37. The molecule has 0 fully saturated rings. The van der Waals surface area contributed by atoms with Gasteiger partial charge in [-0.2, -0.15) is 0 Å². The van der Waals surface area contributed by atoms with Crippen molar-refractivity contribution in [2.75, 3.05) is 40.1 Å². The second kappa shape index (κ2) is 8.06. The highest BCUT2D eigenvalue weighted by molar-refractivity contribution is 6.32. The van der Waals surface area contributed by atoms with Crippen LogP contribution in [0.4, 0.5) is 0 Å². The molecule has 0 saturated heterocycles. The standard InChI is InChI=1S/C20H20ClNO6/c1-24-15-10-13(11-17-19(15)28-7-5-26-17)20(23)22-3-2-12-8-14(21)18-16(9-12)25-4-6-27-18/h8-11H,2-7H2,1H3,(H,22,23). The summed E-state index contributed by atoms with van der Waals surface area (Å²) in [4.78, 5) is 12.6. The molecule has 28 heavy (non-hydrogen) atoms. The van der Waals surface area contributed by atoms with Crippen LogP contribution in [0, 0.1) is 0 Å². The highest BCUT2D eigenvalue weighted by Crippen LogP contribution is 2.40. The summed E-state index contributed by atoms with van der Waals surface area (Å²) in [7, 11) is 1.53. The molecular formula is C20H20ClNO6. The SMILES string of the molecule is COc1cc(C(=O)NCCc2cc(Cl)c3c(c2)OCCO3)cc2c1OCCO2. The molecule has 0 spiro atoms. The van der Waals surface area contributed by atoms with Crippen molar-refractivity contribution in [2.24, 2.45) is 0 Å². The number of carbonyl (C=O) groups is 1. The van der Waals surface area contributed by atoms with E-state index in [1.54, 1.807) is 12.1 Å². The highest BCUT2D eigenvalue weighted by Gasteiger charge is 2.21. The lowest BCUT2D eigenvalue weighted by Crippen LogP contribution is -2.26. The van der Waals surface area contributed by atoms with E-state index in [1.165, 1.54) is 7.11 Å². The summed E-state index contributed by atoms with van der Waals surface area (Å²) in [5.74, 6) is 2.49. The van der Waals surface area contributed by atoms with Crippen molar-refractivity contribution in [1.29, 1.82) is 0 Å². The normalized spacial score (nSPS) is 14.4. The van der Waals surface area contributed by atoms with E-state index in [0.717, 1.165) is 5.56 Å². The van der Waals surface area contributed by atoms with Crippen LogP contribution in [0.25, 0.3) is 0 Å². The van der Waals surface area contributed by atoms with Crippen LogP contribution in [0.1, 0.15) is 15.9 Å². The van der Waals surface area contributed by atoms with Gasteiger partial charge in [-0.15, -0.1) is 0 Å². The van der Waals surface area contributed by atoms with Gasteiger partial charge in [0.2, 0.25) is 5.75 Å². The Hall–Kier alpha value is -2.80. The van der Waals surface area contributed by atoms with Crippen LogP contribution in [0.5, 0.6) is 28.7 Å². The van der Waals surface area contributed by atoms with E-state index in [2.05, 4.69) is 5.32 Å². The zero-order valence-corrected chi connectivity index (χ0v) is 16.1. The summed E-state index contributed by atoms with van der Waals surface area (Å²) in [6.07, 6.45) is 0.601. The molecule has 0 aromatic heterocycles. The van der Waals surface area contributed by atoms with E-state index in [0.29, 0.717) is 78.7 Å². The Balaban J connectivity index is 1.42. The molecule has 8 heteroatoms.